The average Bonchev–Trinajstić information content (AvgIpc) is 3.07. The van der Waals surface area contributed by atoms with Crippen molar-refractivity contribution in [2.24, 2.45) is 0 Å². The van der Waals surface area contributed by atoms with Crippen molar-refractivity contribution in [1.82, 2.24) is 24.7 Å². The zero-order valence-corrected chi connectivity index (χ0v) is 17.3. The number of benzene rings is 1. The predicted octanol–water partition coefficient (Wildman–Crippen LogP) is 2.17. The number of hydrogen-bond acceptors (Lipinski definition) is 6. The summed E-state index contributed by atoms with van der Waals surface area (Å²) >= 11 is 0. The van der Waals surface area contributed by atoms with E-state index in [4.69, 9.17) is 4.74 Å². The zero-order chi connectivity index (χ0) is 20.5. The van der Waals surface area contributed by atoms with Gasteiger partial charge in [0.1, 0.15) is 11.6 Å². The molecule has 0 spiro atoms. The fourth-order valence-electron chi connectivity index (χ4n) is 3.72. The lowest BCUT2D eigenvalue weighted by molar-refractivity contribution is -0.138. The van der Waals surface area contributed by atoms with Crippen LogP contribution in [-0.4, -0.2) is 62.9 Å². The fraction of sp³-hybridized carbons (Fsp3) is 0.429. The van der Waals surface area contributed by atoms with Gasteiger partial charge in [0.2, 0.25) is 0 Å². The first-order valence-corrected chi connectivity index (χ1v) is 9.88. The number of carbonyl (C=O) groups excluding carboxylic acids is 1. The zero-order valence-electron chi connectivity index (χ0n) is 17.3. The molecule has 1 saturated heterocycles. The Labute approximate surface area is 170 Å². The van der Waals surface area contributed by atoms with Gasteiger partial charge in [-0.15, -0.1) is 15.3 Å². The van der Waals surface area contributed by atoms with Crippen molar-refractivity contribution in [2.75, 3.05) is 31.1 Å². The molecule has 0 N–H and O–H groups in total. The molecule has 3 heterocycles. The molecular weight excluding hydrogens is 368 g/mol. The molecule has 3 aromatic rings. The third kappa shape index (κ3) is 4.01. The second-order valence-corrected chi connectivity index (χ2v) is 7.60. The number of aromatic nitrogens is 4. The van der Waals surface area contributed by atoms with Crippen LogP contribution < -0.4 is 9.64 Å². The molecule has 8 nitrogen and oxygen atoms in total. The number of rotatable bonds is 4. The Morgan fingerprint density at radius 1 is 1.00 bits per heavy atom. The van der Waals surface area contributed by atoms with Gasteiger partial charge in [-0.1, -0.05) is 6.07 Å². The molecule has 0 aliphatic carbocycles. The summed E-state index contributed by atoms with van der Waals surface area (Å²) in [5.74, 6) is 2.38. The molecule has 1 unspecified atom stereocenters. The molecule has 1 aliphatic rings. The summed E-state index contributed by atoms with van der Waals surface area (Å²) in [7, 11) is 0. The highest BCUT2D eigenvalue weighted by molar-refractivity contribution is 5.81. The predicted molar refractivity (Wildman–Crippen MR) is 110 cm³/mol. The summed E-state index contributed by atoms with van der Waals surface area (Å²) in [5, 5.41) is 12.7. The van der Waals surface area contributed by atoms with Gasteiger partial charge in [-0.25, -0.2) is 0 Å². The van der Waals surface area contributed by atoms with Gasteiger partial charge in [0.05, 0.1) is 0 Å². The highest BCUT2D eigenvalue weighted by Gasteiger charge is 2.27. The minimum absolute atomic E-state index is 0.0156. The van der Waals surface area contributed by atoms with Gasteiger partial charge in [0.25, 0.3) is 5.91 Å². The Hall–Kier alpha value is -3.16. The maximum Gasteiger partial charge on any atom is 0.263 e. The second kappa shape index (κ2) is 7.69. The summed E-state index contributed by atoms with van der Waals surface area (Å²) in [6.45, 7) is 10.5. The number of anilines is 1. The average molecular weight is 394 g/mol. The van der Waals surface area contributed by atoms with Gasteiger partial charge in [0, 0.05) is 26.2 Å². The highest BCUT2D eigenvalue weighted by Crippen LogP contribution is 2.19. The lowest BCUT2D eigenvalue weighted by atomic mass is 10.1. The standard InChI is InChI=1S/C21H26N6O2/c1-14-11-15(2)13-18(12-14)29-16(3)21(28)26-9-7-25(8-10-26)20-6-5-19-23-22-17(4)27(19)24-20/h5-6,11-13,16H,7-10H2,1-4H3. The van der Waals surface area contributed by atoms with E-state index in [1.54, 1.807) is 4.52 Å². The molecule has 1 aromatic carbocycles. The Morgan fingerprint density at radius 3 is 2.38 bits per heavy atom. The van der Waals surface area contributed by atoms with E-state index in [1.807, 2.05) is 56.9 Å². The number of carbonyl (C=O) groups is 1. The monoisotopic (exact) mass is 394 g/mol. The molecule has 0 saturated carbocycles. The number of aryl methyl sites for hydroxylation is 3. The van der Waals surface area contributed by atoms with Crippen LogP contribution in [0.5, 0.6) is 5.75 Å². The topological polar surface area (TPSA) is 75.9 Å². The number of nitrogens with zero attached hydrogens (tertiary/aromatic N) is 6. The van der Waals surface area contributed by atoms with Gasteiger partial charge in [-0.3, -0.25) is 4.79 Å². The SMILES string of the molecule is Cc1cc(C)cc(OC(C)C(=O)N2CCN(c3ccc4nnc(C)n4n3)CC2)c1. The van der Waals surface area contributed by atoms with Crippen molar-refractivity contribution >= 4 is 17.4 Å². The molecule has 0 radical (unpaired) electrons. The Morgan fingerprint density at radius 2 is 1.69 bits per heavy atom. The van der Waals surface area contributed by atoms with E-state index in [2.05, 4.69) is 26.3 Å². The van der Waals surface area contributed by atoms with Crippen LogP contribution in [0.4, 0.5) is 5.82 Å². The van der Waals surface area contributed by atoms with Crippen molar-refractivity contribution in [1.29, 1.82) is 0 Å². The van der Waals surface area contributed by atoms with Gasteiger partial charge < -0.3 is 14.5 Å². The van der Waals surface area contributed by atoms with Crippen LogP contribution in [0.3, 0.4) is 0 Å². The third-order valence-electron chi connectivity index (χ3n) is 5.18. The van der Waals surface area contributed by atoms with Gasteiger partial charge in [-0.2, -0.15) is 4.52 Å². The summed E-state index contributed by atoms with van der Waals surface area (Å²) < 4.78 is 7.66. The molecule has 8 heteroatoms. The first kappa shape index (κ1) is 19.2. The minimum Gasteiger partial charge on any atom is -0.481 e. The molecule has 1 atom stereocenters. The van der Waals surface area contributed by atoms with Gasteiger partial charge in [0.15, 0.2) is 17.6 Å². The van der Waals surface area contributed by atoms with Crippen molar-refractivity contribution in [3.05, 3.63) is 47.3 Å². The number of piperazine rings is 1. The summed E-state index contributed by atoms with van der Waals surface area (Å²) in [6, 6.07) is 9.88. The van der Waals surface area contributed by atoms with Gasteiger partial charge in [-0.05, 0) is 63.1 Å². The smallest absolute Gasteiger partial charge is 0.263 e. The van der Waals surface area contributed by atoms with E-state index < -0.39 is 6.10 Å². The lowest BCUT2D eigenvalue weighted by Crippen LogP contribution is -2.52. The van der Waals surface area contributed by atoms with Crippen LogP contribution >= 0.6 is 0 Å². The Bertz CT molecular complexity index is 1020. The maximum absolute atomic E-state index is 12.8. The maximum atomic E-state index is 12.8. The minimum atomic E-state index is -0.517. The number of amides is 1. The van der Waals surface area contributed by atoms with Gasteiger partial charge >= 0.3 is 0 Å². The molecule has 152 valence electrons. The van der Waals surface area contributed by atoms with E-state index in [0.29, 0.717) is 13.1 Å². The molecule has 1 fully saturated rings. The number of hydrogen-bond donors (Lipinski definition) is 0. The van der Waals surface area contributed by atoms with E-state index in [1.165, 1.54) is 0 Å². The van der Waals surface area contributed by atoms with E-state index in [9.17, 15) is 4.79 Å². The van der Waals surface area contributed by atoms with E-state index >= 15 is 0 Å². The summed E-state index contributed by atoms with van der Waals surface area (Å²) in [5.41, 5.74) is 2.99. The van der Waals surface area contributed by atoms with Crippen LogP contribution in [0.2, 0.25) is 0 Å². The van der Waals surface area contributed by atoms with Crippen molar-refractivity contribution in [2.45, 2.75) is 33.8 Å². The van der Waals surface area contributed by atoms with Crippen molar-refractivity contribution in [3.8, 4) is 5.75 Å². The van der Waals surface area contributed by atoms with Crippen molar-refractivity contribution in [3.63, 3.8) is 0 Å². The normalized spacial score (nSPS) is 15.6. The largest absolute Gasteiger partial charge is 0.481 e. The second-order valence-electron chi connectivity index (χ2n) is 7.60. The van der Waals surface area contributed by atoms with Crippen LogP contribution in [0.15, 0.2) is 30.3 Å². The van der Waals surface area contributed by atoms with E-state index in [-0.39, 0.29) is 5.91 Å². The molecule has 29 heavy (non-hydrogen) atoms. The van der Waals surface area contributed by atoms with Crippen LogP contribution in [0, 0.1) is 20.8 Å². The van der Waals surface area contributed by atoms with E-state index in [0.717, 1.165) is 47.3 Å². The number of fused-ring (bicyclic) bond motifs is 1. The Balaban J connectivity index is 1.37. The van der Waals surface area contributed by atoms with Crippen molar-refractivity contribution < 1.29 is 9.53 Å². The molecule has 4 rings (SSSR count). The Kier molecular flexibility index (Phi) is 5.08. The third-order valence-corrected chi connectivity index (χ3v) is 5.18. The van der Waals surface area contributed by atoms with Crippen LogP contribution in [-0.2, 0) is 4.79 Å². The molecule has 1 aliphatic heterocycles. The lowest BCUT2D eigenvalue weighted by Gasteiger charge is -2.36. The molecule has 2 aromatic heterocycles. The fourth-order valence-corrected chi connectivity index (χ4v) is 3.72. The summed E-state index contributed by atoms with van der Waals surface area (Å²) in [6.07, 6.45) is -0.517. The molecule has 0 bridgehead atoms. The quantitative estimate of drug-likeness (QED) is 0.675. The first-order valence-electron chi connectivity index (χ1n) is 9.88. The van der Waals surface area contributed by atoms with Crippen LogP contribution in [0.1, 0.15) is 23.9 Å². The molecule has 1 amide bonds. The summed E-state index contributed by atoms with van der Waals surface area (Å²) in [4.78, 5) is 16.9. The highest BCUT2D eigenvalue weighted by atomic mass is 16.5. The van der Waals surface area contributed by atoms with Crippen LogP contribution in [0.25, 0.3) is 5.65 Å². The number of ether oxygens (including phenoxy) is 1. The molecular formula is C21H26N6O2. The first-order chi connectivity index (χ1) is 13.9.